The number of carbonyl (C=O) groups excluding carboxylic acids is 2. The SMILES string of the molecule is N#Cc1c(NC(=O)C=Cc2ccoc2)sc2c1CCC(OC(=O)N1CCCC1CO)C2. The van der Waals surface area contributed by atoms with E-state index in [-0.39, 0.29) is 30.8 Å². The smallest absolute Gasteiger partial charge is 0.410 e. The third-order valence-corrected chi connectivity index (χ3v) is 6.80. The molecular formula is C22H23N3O5S. The molecule has 2 N–H and O–H groups in total. The van der Waals surface area contributed by atoms with E-state index in [0.29, 0.717) is 36.4 Å². The lowest BCUT2D eigenvalue weighted by molar-refractivity contribution is -0.111. The number of nitrogens with one attached hydrogen (secondary N) is 1. The molecule has 1 aliphatic carbocycles. The Labute approximate surface area is 183 Å². The van der Waals surface area contributed by atoms with Gasteiger partial charge < -0.3 is 24.5 Å². The number of hydrogen-bond donors (Lipinski definition) is 2. The molecule has 3 heterocycles. The third kappa shape index (κ3) is 4.65. The lowest BCUT2D eigenvalue weighted by atomic mass is 9.94. The van der Waals surface area contributed by atoms with Gasteiger partial charge in [-0.25, -0.2) is 4.79 Å². The highest BCUT2D eigenvalue weighted by Crippen LogP contribution is 2.38. The minimum atomic E-state index is -0.389. The zero-order valence-corrected chi connectivity index (χ0v) is 17.7. The highest BCUT2D eigenvalue weighted by molar-refractivity contribution is 7.16. The van der Waals surface area contributed by atoms with Crippen molar-refractivity contribution in [2.45, 2.75) is 44.2 Å². The van der Waals surface area contributed by atoms with Crippen LogP contribution in [0.25, 0.3) is 6.08 Å². The fourth-order valence-electron chi connectivity index (χ4n) is 4.03. The maximum absolute atomic E-state index is 12.5. The minimum absolute atomic E-state index is 0.0571. The van der Waals surface area contributed by atoms with Crippen LogP contribution in [0.15, 0.2) is 29.1 Å². The van der Waals surface area contributed by atoms with Crippen LogP contribution in [0, 0.1) is 11.3 Å². The van der Waals surface area contributed by atoms with E-state index >= 15 is 0 Å². The molecule has 2 aromatic heterocycles. The average Bonchev–Trinajstić information content (AvgIpc) is 3.51. The number of likely N-dealkylation sites (tertiary alicyclic amines) is 1. The quantitative estimate of drug-likeness (QED) is 0.688. The Morgan fingerprint density at radius 3 is 3.06 bits per heavy atom. The van der Waals surface area contributed by atoms with Crippen LogP contribution < -0.4 is 5.32 Å². The Balaban J connectivity index is 1.41. The monoisotopic (exact) mass is 441 g/mol. The summed E-state index contributed by atoms with van der Waals surface area (Å²) >= 11 is 1.35. The van der Waals surface area contributed by atoms with Gasteiger partial charge in [-0.1, -0.05) is 0 Å². The fraction of sp³-hybridized carbons (Fsp3) is 0.409. The lowest BCUT2D eigenvalue weighted by Crippen LogP contribution is -2.40. The first-order valence-electron chi connectivity index (χ1n) is 10.2. The molecule has 8 nitrogen and oxygen atoms in total. The molecule has 162 valence electrons. The van der Waals surface area contributed by atoms with Gasteiger partial charge in [0.25, 0.3) is 0 Å². The van der Waals surface area contributed by atoms with Crippen molar-refractivity contribution in [2.75, 3.05) is 18.5 Å². The maximum atomic E-state index is 12.5. The number of fused-ring (bicyclic) bond motifs is 1. The molecule has 2 amide bonds. The molecule has 0 bridgehead atoms. The van der Waals surface area contributed by atoms with Gasteiger partial charge in [-0.2, -0.15) is 5.26 Å². The van der Waals surface area contributed by atoms with Gasteiger partial charge in [0, 0.05) is 29.5 Å². The van der Waals surface area contributed by atoms with Gasteiger partial charge >= 0.3 is 6.09 Å². The number of ether oxygens (including phenoxy) is 1. The molecular weight excluding hydrogens is 418 g/mol. The van der Waals surface area contributed by atoms with E-state index < -0.39 is 0 Å². The number of thiophene rings is 1. The summed E-state index contributed by atoms with van der Waals surface area (Å²) in [6.07, 6.45) is 8.80. The second-order valence-electron chi connectivity index (χ2n) is 7.62. The molecule has 0 radical (unpaired) electrons. The standard InChI is InChI=1S/C22H23N3O5S/c23-11-18-17-5-4-16(30-22(28)25-8-1-2-15(25)12-26)10-19(17)31-21(18)24-20(27)6-3-14-7-9-29-13-14/h3,6-7,9,13,15-16,26H,1-2,4-5,8,10,12H2,(H,24,27). The van der Waals surface area contributed by atoms with Gasteiger partial charge in [0.05, 0.1) is 30.7 Å². The normalized spacial score (nSPS) is 20.5. The van der Waals surface area contributed by atoms with Crippen molar-refractivity contribution in [2.24, 2.45) is 0 Å². The lowest BCUT2D eigenvalue weighted by Gasteiger charge is -2.27. The summed E-state index contributed by atoms with van der Waals surface area (Å²) in [5.41, 5.74) is 2.17. The number of aliphatic hydroxyl groups excluding tert-OH is 1. The Kier molecular flexibility index (Phi) is 6.39. The molecule has 31 heavy (non-hydrogen) atoms. The second kappa shape index (κ2) is 9.37. The highest BCUT2D eigenvalue weighted by atomic mass is 32.1. The summed E-state index contributed by atoms with van der Waals surface area (Å²) in [7, 11) is 0. The maximum Gasteiger partial charge on any atom is 0.410 e. The van der Waals surface area contributed by atoms with E-state index in [1.165, 1.54) is 29.9 Å². The van der Waals surface area contributed by atoms with Gasteiger partial charge in [0.15, 0.2) is 0 Å². The van der Waals surface area contributed by atoms with Crippen LogP contribution >= 0.6 is 11.3 Å². The molecule has 0 aromatic carbocycles. The second-order valence-corrected chi connectivity index (χ2v) is 8.72. The van der Waals surface area contributed by atoms with Crippen molar-refractivity contribution in [3.05, 3.63) is 46.2 Å². The summed E-state index contributed by atoms with van der Waals surface area (Å²) in [5, 5.41) is 22.4. The van der Waals surface area contributed by atoms with Crippen molar-refractivity contribution >= 4 is 34.4 Å². The van der Waals surface area contributed by atoms with E-state index in [1.807, 2.05) is 0 Å². The number of nitrogens with zero attached hydrogens (tertiary/aromatic N) is 2. The van der Waals surface area contributed by atoms with Crippen molar-refractivity contribution in [1.29, 1.82) is 5.26 Å². The number of nitriles is 1. The van der Waals surface area contributed by atoms with Crippen molar-refractivity contribution in [1.82, 2.24) is 4.90 Å². The van der Waals surface area contributed by atoms with Gasteiger partial charge in [-0.05, 0) is 43.4 Å². The van der Waals surface area contributed by atoms with Crippen LogP contribution in [-0.4, -0.2) is 47.3 Å². The number of furan rings is 1. The molecule has 0 saturated carbocycles. The predicted octanol–water partition coefficient (Wildman–Crippen LogP) is 3.32. The zero-order valence-electron chi connectivity index (χ0n) is 16.9. The molecule has 2 atom stereocenters. The summed E-state index contributed by atoms with van der Waals surface area (Å²) in [6, 6.07) is 3.77. The van der Waals surface area contributed by atoms with Crippen LogP contribution in [0.1, 0.15) is 40.8 Å². The number of hydrogen-bond acceptors (Lipinski definition) is 7. The predicted molar refractivity (Wildman–Crippen MR) is 115 cm³/mol. The highest BCUT2D eigenvalue weighted by Gasteiger charge is 2.33. The molecule has 1 saturated heterocycles. The number of amides is 2. The minimum Gasteiger partial charge on any atom is -0.472 e. The summed E-state index contributed by atoms with van der Waals surface area (Å²) in [4.78, 5) is 27.3. The first-order chi connectivity index (χ1) is 15.1. The molecule has 1 fully saturated rings. The van der Waals surface area contributed by atoms with E-state index in [0.717, 1.165) is 28.8 Å². The molecule has 0 spiro atoms. The van der Waals surface area contributed by atoms with Crippen molar-refractivity contribution in [3.63, 3.8) is 0 Å². The van der Waals surface area contributed by atoms with Gasteiger partial charge in [0.1, 0.15) is 17.2 Å². The molecule has 9 heteroatoms. The van der Waals surface area contributed by atoms with Gasteiger partial charge in [-0.15, -0.1) is 11.3 Å². The molecule has 1 aliphatic heterocycles. The van der Waals surface area contributed by atoms with E-state index in [9.17, 15) is 20.0 Å². The van der Waals surface area contributed by atoms with Crippen LogP contribution in [-0.2, 0) is 22.4 Å². The largest absolute Gasteiger partial charge is 0.472 e. The number of rotatable bonds is 5. The van der Waals surface area contributed by atoms with E-state index in [2.05, 4.69) is 11.4 Å². The van der Waals surface area contributed by atoms with E-state index in [4.69, 9.17) is 9.15 Å². The van der Waals surface area contributed by atoms with Crippen LogP contribution in [0.4, 0.5) is 9.80 Å². The van der Waals surface area contributed by atoms with Gasteiger partial charge in [0.2, 0.25) is 5.91 Å². The number of carbonyl (C=O) groups is 2. The fourth-order valence-corrected chi connectivity index (χ4v) is 5.30. The number of aliphatic hydroxyl groups is 1. The number of anilines is 1. The van der Waals surface area contributed by atoms with E-state index in [1.54, 1.807) is 17.0 Å². The van der Waals surface area contributed by atoms with Crippen molar-refractivity contribution in [3.8, 4) is 6.07 Å². The molecule has 4 rings (SSSR count). The topological polar surface area (TPSA) is 116 Å². The zero-order chi connectivity index (χ0) is 21.8. The summed E-state index contributed by atoms with van der Waals surface area (Å²) in [5.74, 6) is -0.330. The summed E-state index contributed by atoms with van der Waals surface area (Å²) in [6.45, 7) is 0.542. The summed E-state index contributed by atoms with van der Waals surface area (Å²) < 4.78 is 10.7. The molecule has 2 aromatic rings. The Bertz CT molecular complexity index is 1020. The first-order valence-corrected chi connectivity index (χ1v) is 11.0. The Hall–Kier alpha value is -3.09. The third-order valence-electron chi connectivity index (χ3n) is 5.63. The first kappa shape index (κ1) is 21.2. The molecule has 2 aliphatic rings. The van der Waals surface area contributed by atoms with Crippen LogP contribution in [0.2, 0.25) is 0 Å². The van der Waals surface area contributed by atoms with Crippen LogP contribution in [0.3, 0.4) is 0 Å². The van der Waals surface area contributed by atoms with Crippen LogP contribution in [0.5, 0.6) is 0 Å². The molecule has 2 unspecified atom stereocenters. The Morgan fingerprint density at radius 2 is 2.32 bits per heavy atom. The Morgan fingerprint density at radius 1 is 1.45 bits per heavy atom. The average molecular weight is 442 g/mol. The van der Waals surface area contributed by atoms with Gasteiger partial charge in [-0.3, -0.25) is 4.79 Å². The van der Waals surface area contributed by atoms with Crippen molar-refractivity contribution < 1.29 is 23.8 Å².